The minimum Gasteiger partial charge on any atom is -0.497 e. The second kappa shape index (κ2) is 10.5. The third-order valence-electron chi connectivity index (χ3n) is 5.93. The van der Waals surface area contributed by atoms with Crippen LogP contribution < -0.4 is 4.74 Å². The fourth-order valence-electron chi connectivity index (χ4n) is 4.72. The number of methoxy groups -OCH3 is 1. The second-order valence-electron chi connectivity index (χ2n) is 9.52. The van der Waals surface area contributed by atoms with E-state index in [-0.39, 0.29) is 6.10 Å². The number of rotatable bonds is 8. The number of ether oxygens (including phenoxy) is 4. The number of carbonyl (C=O) groups excluding carboxylic acids is 3. The van der Waals surface area contributed by atoms with Crippen LogP contribution >= 0.6 is 0 Å². The Kier molecular flexibility index (Phi) is 7.88. The van der Waals surface area contributed by atoms with Gasteiger partial charge < -0.3 is 18.9 Å². The SMILES string of the molecule is COc1ccc([C@@H]2[C@H](C(=O)OC(C)C)c3ccccc3C2(C(=O)OC(C)C)C(=O)OC(C)C)cc1. The predicted molar refractivity (Wildman–Crippen MR) is 130 cm³/mol. The zero-order chi connectivity index (χ0) is 25.9. The summed E-state index contributed by atoms with van der Waals surface area (Å²) in [4.78, 5) is 41.5. The van der Waals surface area contributed by atoms with Crippen molar-refractivity contribution in [3.8, 4) is 5.75 Å². The molecule has 2 atom stereocenters. The van der Waals surface area contributed by atoms with Gasteiger partial charge in [-0.25, -0.2) is 0 Å². The molecule has 7 nitrogen and oxygen atoms in total. The summed E-state index contributed by atoms with van der Waals surface area (Å²) in [6, 6.07) is 13.9. The number of hydrogen-bond acceptors (Lipinski definition) is 7. The molecule has 0 saturated carbocycles. The van der Waals surface area contributed by atoms with Gasteiger partial charge in [0.15, 0.2) is 5.41 Å². The third kappa shape index (κ3) is 4.90. The summed E-state index contributed by atoms with van der Waals surface area (Å²) in [5.74, 6) is -3.32. The smallest absolute Gasteiger partial charge is 0.329 e. The van der Waals surface area contributed by atoms with Crippen LogP contribution in [0.4, 0.5) is 0 Å². The van der Waals surface area contributed by atoms with Crippen LogP contribution in [0.3, 0.4) is 0 Å². The van der Waals surface area contributed by atoms with Gasteiger partial charge >= 0.3 is 17.9 Å². The zero-order valence-corrected chi connectivity index (χ0v) is 21.4. The Hall–Kier alpha value is -3.35. The molecule has 2 aromatic carbocycles. The third-order valence-corrected chi connectivity index (χ3v) is 5.93. The highest BCUT2D eigenvalue weighted by molar-refractivity contribution is 6.11. The zero-order valence-electron chi connectivity index (χ0n) is 21.4. The number of fused-ring (bicyclic) bond motifs is 1. The Bertz CT molecular complexity index is 1050. The van der Waals surface area contributed by atoms with Gasteiger partial charge in [-0.05, 0) is 70.4 Å². The van der Waals surface area contributed by atoms with Gasteiger partial charge in [0.1, 0.15) is 5.75 Å². The lowest BCUT2D eigenvalue weighted by atomic mass is 9.69. The number of benzene rings is 2. The van der Waals surface area contributed by atoms with Gasteiger partial charge in [0.25, 0.3) is 0 Å². The number of carbonyl (C=O) groups is 3. The fourth-order valence-corrected chi connectivity index (χ4v) is 4.72. The molecule has 0 radical (unpaired) electrons. The van der Waals surface area contributed by atoms with Crippen molar-refractivity contribution >= 4 is 17.9 Å². The van der Waals surface area contributed by atoms with Crippen LogP contribution in [0.25, 0.3) is 0 Å². The Morgan fingerprint density at radius 3 is 1.74 bits per heavy atom. The van der Waals surface area contributed by atoms with E-state index in [9.17, 15) is 14.4 Å². The average molecular weight is 483 g/mol. The minimum atomic E-state index is -1.90. The van der Waals surface area contributed by atoms with Crippen LogP contribution in [-0.4, -0.2) is 43.3 Å². The molecule has 3 rings (SSSR count). The van der Waals surface area contributed by atoms with E-state index in [0.29, 0.717) is 22.4 Å². The molecule has 0 aromatic heterocycles. The summed E-state index contributed by atoms with van der Waals surface area (Å²) in [5.41, 5.74) is -0.377. The van der Waals surface area contributed by atoms with E-state index in [4.69, 9.17) is 18.9 Å². The van der Waals surface area contributed by atoms with Crippen molar-refractivity contribution in [3.05, 3.63) is 65.2 Å². The summed E-state index contributed by atoms with van der Waals surface area (Å²) in [6.45, 7) is 10.4. The van der Waals surface area contributed by atoms with Crippen molar-refractivity contribution < 1.29 is 33.3 Å². The monoisotopic (exact) mass is 482 g/mol. The molecule has 0 saturated heterocycles. The van der Waals surface area contributed by atoms with Crippen LogP contribution in [0.5, 0.6) is 5.75 Å². The molecule has 2 aromatic rings. The van der Waals surface area contributed by atoms with Gasteiger partial charge in [-0.1, -0.05) is 36.4 Å². The first-order valence-corrected chi connectivity index (χ1v) is 11.9. The lowest BCUT2D eigenvalue weighted by Gasteiger charge is -2.35. The van der Waals surface area contributed by atoms with Crippen LogP contribution in [-0.2, 0) is 34.0 Å². The lowest BCUT2D eigenvalue weighted by Crippen LogP contribution is -2.51. The van der Waals surface area contributed by atoms with E-state index in [0.717, 1.165) is 0 Å². The van der Waals surface area contributed by atoms with Crippen LogP contribution in [0.2, 0.25) is 0 Å². The first kappa shape index (κ1) is 26.3. The Morgan fingerprint density at radius 2 is 1.26 bits per heavy atom. The highest BCUT2D eigenvalue weighted by atomic mass is 16.6. The molecule has 35 heavy (non-hydrogen) atoms. The van der Waals surface area contributed by atoms with E-state index in [1.54, 1.807) is 97.2 Å². The molecular formula is C28H34O7. The van der Waals surface area contributed by atoms with Crippen molar-refractivity contribution in [1.29, 1.82) is 0 Å². The van der Waals surface area contributed by atoms with Crippen molar-refractivity contribution in [2.75, 3.05) is 7.11 Å². The van der Waals surface area contributed by atoms with Crippen LogP contribution in [0, 0.1) is 0 Å². The molecule has 1 aliphatic rings. The quantitative estimate of drug-likeness (QED) is 0.307. The maximum atomic E-state index is 14.0. The van der Waals surface area contributed by atoms with Gasteiger partial charge in [0.2, 0.25) is 0 Å². The summed E-state index contributed by atoms with van der Waals surface area (Å²) in [5, 5.41) is 0. The normalized spacial score (nSPS) is 18.3. The maximum absolute atomic E-state index is 14.0. The van der Waals surface area contributed by atoms with Gasteiger partial charge in [0.05, 0.1) is 31.3 Å². The van der Waals surface area contributed by atoms with Crippen LogP contribution in [0.1, 0.15) is 70.1 Å². The summed E-state index contributed by atoms with van der Waals surface area (Å²) in [6.07, 6.45) is -1.36. The van der Waals surface area contributed by atoms with Crippen molar-refractivity contribution in [3.63, 3.8) is 0 Å². The van der Waals surface area contributed by atoms with E-state index in [1.165, 1.54) is 0 Å². The molecule has 7 heteroatoms. The van der Waals surface area contributed by atoms with Crippen LogP contribution in [0.15, 0.2) is 48.5 Å². The maximum Gasteiger partial charge on any atom is 0.329 e. The Balaban J connectivity index is 2.37. The lowest BCUT2D eigenvalue weighted by molar-refractivity contribution is -0.171. The van der Waals surface area contributed by atoms with Crippen molar-refractivity contribution in [1.82, 2.24) is 0 Å². The molecule has 188 valence electrons. The van der Waals surface area contributed by atoms with Gasteiger partial charge in [-0.3, -0.25) is 14.4 Å². The standard InChI is InChI=1S/C28H34O7/c1-16(2)33-25(29)23-21-10-8-9-11-22(21)28(26(30)34-17(3)4,27(31)35-18(5)6)24(23)19-12-14-20(32-7)15-13-19/h8-18,23-24H,1-7H3/t23-,24-/m1/s1. The van der Waals surface area contributed by atoms with E-state index in [1.807, 2.05) is 0 Å². The van der Waals surface area contributed by atoms with Crippen molar-refractivity contribution in [2.45, 2.75) is 77.1 Å². The molecule has 0 amide bonds. The summed E-state index contributed by atoms with van der Waals surface area (Å²) in [7, 11) is 1.55. The first-order valence-electron chi connectivity index (χ1n) is 11.9. The molecule has 0 aliphatic heterocycles. The second-order valence-corrected chi connectivity index (χ2v) is 9.52. The molecule has 1 aliphatic carbocycles. The first-order chi connectivity index (χ1) is 16.5. The number of hydrogen-bond donors (Lipinski definition) is 0. The highest BCUT2D eigenvalue weighted by Crippen LogP contribution is 2.58. The Morgan fingerprint density at radius 1 is 0.743 bits per heavy atom. The van der Waals surface area contributed by atoms with E-state index in [2.05, 4.69) is 0 Å². The molecule has 0 heterocycles. The fraction of sp³-hybridized carbons (Fsp3) is 0.464. The molecular weight excluding hydrogens is 448 g/mol. The van der Waals surface area contributed by atoms with E-state index < -0.39 is 47.4 Å². The molecule has 0 unspecified atom stereocenters. The largest absolute Gasteiger partial charge is 0.497 e. The van der Waals surface area contributed by atoms with Gasteiger partial charge in [0, 0.05) is 5.92 Å². The van der Waals surface area contributed by atoms with Gasteiger partial charge in [-0.2, -0.15) is 0 Å². The molecule has 0 bridgehead atoms. The topological polar surface area (TPSA) is 88.1 Å². The summed E-state index contributed by atoms with van der Waals surface area (Å²) < 4.78 is 22.3. The van der Waals surface area contributed by atoms with Gasteiger partial charge in [-0.15, -0.1) is 0 Å². The molecule has 0 spiro atoms. The Labute approximate surface area is 206 Å². The molecule has 0 fully saturated rings. The molecule has 0 N–H and O–H groups in total. The number of esters is 3. The highest BCUT2D eigenvalue weighted by Gasteiger charge is 2.66. The van der Waals surface area contributed by atoms with Crippen molar-refractivity contribution in [2.24, 2.45) is 0 Å². The summed E-state index contributed by atoms with van der Waals surface area (Å²) >= 11 is 0. The van der Waals surface area contributed by atoms with E-state index >= 15 is 0 Å². The average Bonchev–Trinajstić information content (AvgIpc) is 3.10. The minimum absolute atomic E-state index is 0.383. The predicted octanol–water partition coefficient (Wildman–Crippen LogP) is 4.67.